The third kappa shape index (κ3) is 5.03. The van der Waals surface area contributed by atoms with Gasteiger partial charge in [0.2, 0.25) is 5.91 Å². The molecule has 0 spiro atoms. The first-order chi connectivity index (χ1) is 12.5. The molecule has 7 nitrogen and oxygen atoms in total. The maximum absolute atomic E-state index is 12.7. The van der Waals surface area contributed by atoms with E-state index in [0.29, 0.717) is 17.2 Å². The number of aromatic amines is 1. The fourth-order valence-corrected chi connectivity index (χ4v) is 2.81. The molecule has 2 aromatic rings. The number of aromatic nitrogens is 2. The van der Waals surface area contributed by atoms with Crippen LogP contribution in [0.5, 0.6) is 0 Å². The lowest BCUT2D eigenvalue weighted by Crippen LogP contribution is -2.39. The van der Waals surface area contributed by atoms with Crippen LogP contribution in [0.4, 0.5) is 5.69 Å². The van der Waals surface area contributed by atoms with Gasteiger partial charge in [0, 0.05) is 16.9 Å². The van der Waals surface area contributed by atoms with Crippen molar-refractivity contribution in [2.75, 3.05) is 18.9 Å². The highest BCUT2D eigenvalue weighted by Crippen LogP contribution is 2.21. The Kier molecular flexibility index (Phi) is 6.20. The molecule has 0 saturated carbocycles. The first-order valence-electron chi connectivity index (χ1n) is 8.42. The van der Waals surface area contributed by atoms with E-state index in [1.807, 2.05) is 26.8 Å². The number of amides is 2. The van der Waals surface area contributed by atoms with Gasteiger partial charge < -0.3 is 15.2 Å². The van der Waals surface area contributed by atoms with Gasteiger partial charge in [-0.15, -0.1) is 0 Å². The Morgan fingerprint density at radius 1 is 1.26 bits per heavy atom. The molecular weight excluding hydrogens is 412 g/mol. The third-order valence-corrected chi connectivity index (χ3v) is 4.59. The summed E-state index contributed by atoms with van der Waals surface area (Å²) in [5.41, 5.74) is 0.0374. The number of hydrogen-bond donors (Lipinski definition) is 2. The average Bonchev–Trinajstić information content (AvgIpc) is 2.55. The van der Waals surface area contributed by atoms with Crippen LogP contribution < -0.4 is 10.9 Å². The number of benzene rings is 1. The summed E-state index contributed by atoms with van der Waals surface area (Å²) in [6, 6.07) is 7.17. The number of carbonyl (C=O) groups is 2. The van der Waals surface area contributed by atoms with E-state index in [1.54, 1.807) is 25.1 Å². The highest BCUT2D eigenvalue weighted by Gasteiger charge is 2.24. The summed E-state index contributed by atoms with van der Waals surface area (Å²) in [4.78, 5) is 45.6. The predicted molar refractivity (Wildman–Crippen MR) is 108 cm³/mol. The Balaban J connectivity index is 2.17. The minimum absolute atomic E-state index is 0.0563. The van der Waals surface area contributed by atoms with Crippen LogP contribution >= 0.6 is 15.9 Å². The lowest BCUT2D eigenvalue weighted by Gasteiger charge is -2.20. The number of nitrogens with zero attached hydrogens (tertiary/aromatic N) is 2. The van der Waals surface area contributed by atoms with Crippen molar-refractivity contribution in [1.29, 1.82) is 0 Å². The molecule has 1 aromatic heterocycles. The molecule has 0 aliphatic heterocycles. The fourth-order valence-electron chi connectivity index (χ4n) is 2.42. The van der Waals surface area contributed by atoms with Crippen LogP contribution in [0.3, 0.4) is 0 Å². The van der Waals surface area contributed by atoms with Crippen molar-refractivity contribution in [1.82, 2.24) is 14.9 Å². The minimum atomic E-state index is -0.552. The van der Waals surface area contributed by atoms with Gasteiger partial charge in [-0.25, -0.2) is 4.98 Å². The summed E-state index contributed by atoms with van der Waals surface area (Å²) in [6.45, 7) is 7.19. The van der Waals surface area contributed by atoms with E-state index in [0.717, 1.165) is 4.47 Å². The zero-order chi connectivity index (χ0) is 20.4. The van der Waals surface area contributed by atoms with Gasteiger partial charge >= 0.3 is 0 Å². The molecule has 0 bridgehead atoms. The van der Waals surface area contributed by atoms with Gasteiger partial charge in [0.1, 0.15) is 11.4 Å². The molecular formula is C19H23BrN4O3. The molecule has 0 radical (unpaired) electrons. The second-order valence-electron chi connectivity index (χ2n) is 7.31. The number of anilines is 1. The zero-order valence-electron chi connectivity index (χ0n) is 16.0. The van der Waals surface area contributed by atoms with E-state index in [-0.39, 0.29) is 23.4 Å². The molecule has 0 saturated heterocycles. The predicted octanol–water partition coefficient (Wildman–Crippen LogP) is 2.85. The van der Waals surface area contributed by atoms with Gasteiger partial charge in [-0.3, -0.25) is 14.4 Å². The molecule has 144 valence electrons. The number of para-hydroxylation sites is 1. The van der Waals surface area contributed by atoms with Crippen molar-refractivity contribution in [2.45, 2.75) is 33.1 Å². The Hall–Kier alpha value is -2.48. The minimum Gasteiger partial charge on any atom is -0.332 e. The normalized spacial score (nSPS) is 11.2. The molecule has 2 amide bonds. The number of halogens is 1. The molecule has 2 N–H and O–H groups in total. The summed E-state index contributed by atoms with van der Waals surface area (Å²) >= 11 is 3.35. The Labute approximate surface area is 166 Å². The van der Waals surface area contributed by atoms with Gasteiger partial charge in [0.25, 0.3) is 11.5 Å². The van der Waals surface area contributed by atoms with Gasteiger partial charge in [0.15, 0.2) is 0 Å². The van der Waals surface area contributed by atoms with E-state index >= 15 is 0 Å². The maximum atomic E-state index is 12.7. The standard InChI is InChI=1S/C19H23BrN4O3/c1-11-15(16(26)23-18(21-11)19(2,3)4)17(27)24(5)10-14(25)22-13-9-7-6-8-12(13)20/h6-9H,10H2,1-5H3,(H,22,25)(H,21,23,26). The Morgan fingerprint density at radius 2 is 1.89 bits per heavy atom. The third-order valence-electron chi connectivity index (χ3n) is 3.90. The fraction of sp³-hybridized carbons (Fsp3) is 0.368. The molecule has 1 aromatic carbocycles. The number of rotatable bonds is 4. The molecule has 0 fully saturated rings. The van der Waals surface area contributed by atoms with Crippen molar-refractivity contribution in [3.05, 3.63) is 56.2 Å². The number of hydrogen-bond acceptors (Lipinski definition) is 4. The monoisotopic (exact) mass is 434 g/mol. The number of nitrogens with one attached hydrogen (secondary N) is 2. The largest absolute Gasteiger partial charge is 0.332 e. The molecule has 0 aliphatic carbocycles. The number of H-pyrrole nitrogens is 1. The lowest BCUT2D eigenvalue weighted by atomic mass is 9.95. The van der Waals surface area contributed by atoms with Gasteiger partial charge in [-0.05, 0) is 35.0 Å². The summed E-state index contributed by atoms with van der Waals surface area (Å²) in [7, 11) is 1.47. The topological polar surface area (TPSA) is 95.2 Å². The van der Waals surface area contributed by atoms with Crippen molar-refractivity contribution < 1.29 is 9.59 Å². The first-order valence-corrected chi connectivity index (χ1v) is 9.21. The first kappa shape index (κ1) is 20.8. The SMILES string of the molecule is Cc1nc(C(C)(C)C)[nH]c(=O)c1C(=O)N(C)CC(=O)Nc1ccccc1Br. The van der Waals surface area contributed by atoms with Crippen molar-refractivity contribution in [2.24, 2.45) is 0 Å². The van der Waals surface area contributed by atoms with E-state index in [9.17, 15) is 14.4 Å². The quantitative estimate of drug-likeness (QED) is 0.772. The van der Waals surface area contributed by atoms with Crippen molar-refractivity contribution >= 4 is 33.4 Å². The van der Waals surface area contributed by atoms with Crippen LogP contribution in [0.1, 0.15) is 42.6 Å². The van der Waals surface area contributed by atoms with Crippen molar-refractivity contribution in [3.63, 3.8) is 0 Å². The highest BCUT2D eigenvalue weighted by molar-refractivity contribution is 9.10. The molecule has 0 atom stereocenters. The van der Waals surface area contributed by atoms with Crippen LogP contribution in [0, 0.1) is 6.92 Å². The van der Waals surface area contributed by atoms with Crippen LogP contribution in [0.15, 0.2) is 33.5 Å². The highest BCUT2D eigenvalue weighted by atomic mass is 79.9. The van der Waals surface area contributed by atoms with Crippen molar-refractivity contribution in [3.8, 4) is 0 Å². The van der Waals surface area contributed by atoms with E-state index in [1.165, 1.54) is 11.9 Å². The molecule has 0 unspecified atom stereocenters. The number of likely N-dealkylation sites (N-methyl/N-ethyl adjacent to an activating group) is 1. The van der Waals surface area contributed by atoms with E-state index in [2.05, 4.69) is 31.2 Å². The molecule has 27 heavy (non-hydrogen) atoms. The van der Waals surface area contributed by atoms with Crippen LogP contribution in [0.25, 0.3) is 0 Å². The zero-order valence-corrected chi connectivity index (χ0v) is 17.6. The number of carbonyl (C=O) groups excluding carboxylic acids is 2. The van der Waals surface area contributed by atoms with Gasteiger partial charge in [-0.1, -0.05) is 32.9 Å². The van der Waals surface area contributed by atoms with Crippen LogP contribution in [-0.4, -0.2) is 40.3 Å². The lowest BCUT2D eigenvalue weighted by molar-refractivity contribution is -0.116. The summed E-state index contributed by atoms with van der Waals surface area (Å²) < 4.78 is 0.738. The summed E-state index contributed by atoms with van der Waals surface area (Å²) in [6.07, 6.45) is 0. The second kappa shape index (κ2) is 8.04. The van der Waals surface area contributed by atoms with Gasteiger partial charge in [0.05, 0.1) is 17.9 Å². The molecule has 8 heteroatoms. The Bertz CT molecular complexity index is 931. The Morgan fingerprint density at radius 3 is 2.44 bits per heavy atom. The van der Waals surface area contributed by atoms with E-state index < -0.39 is 11.5 Å². The molecule has 2 rings (SSSR count). The smallest absolute Gasteiger partial charge is 0.264 e. The van der Waals surface area contributed by atoms with Crippen LogP contribution in [-0.2, 0) is 10.2 Å². The van der Waals surface area contributed by atoms with Gasteiger partial charge in [-0.2, -0.15) is 0 Å². The molecule has 1 heterocycles. The van der Waals surface area contributed by atoms with Crippen LogP contribution in [0.2, 0.25) is 0 Å². The average molecular weight is 435 g/mol. The maximum Gasteiger partial charge on any atom is 0.264 e. The summed E-state index contributed by atoms with van der Waals surface area (Å²) in [5.74, 6) is -0.411. The second-order valence-corrected chi connectivity index (χ2v) is 8.17. The molecule has 0 aliphatic rings. The van der Waals surface area contributed by atoms with E-state index in [4.69, 9.17) is 0 Å². The summed E-state index contributed by atoms with van der Waals surface area (Å²) in [5, 5.41) is 2.72. The number of aryl methyl sites for hydroxylation is 1.